The second-order valence-corrected chi connectivity index (χ2v) is 5.98. The van der Waals surface area contributed by atoms with Gasteiger partial charge in [-0.1, -0.05) is 18.2 Å². The van der Waals surface area contributed by atoms with Crippen LogP contribution in [0.5, 0.6) is 11.5 Å². The number of Topliss-reactive ketones (excluding diaryl/α,β-unsaturated/α-hetero) is 1. The van der Waals surface area contributed by atoms with E-state index in [1.807, 2.05) is 12.1 Å². The van der Waals surface area contributed by atoms with Crippen molar-refractivity contribution < 1.29 is 23.5 Å². The molecule has 0 aliphatic heterocycles. The zero-order valence-electron chi connectivity index (χ0n) is 14.8. The highest BCUT2D eigenvalue weighted by Gasteiger charge is 2.19. The van der Waals surface area contributed by atoms with Crippen LogP contribution in [0.3, 0.4) is 0 Å². The standard InChI is InChI=1S/C20H22FNO4/c1-14(23)10-16(13-25-2)20(24)22-12-15-6-8-18(9-7-15)26-19-5-3-4-17(21)11-19/h3-9,11,16H,10,12-13H2,1-2H3,(H,22,24)/t16-/m1/s1. The van der Waals surface area contributed by atoms with E-state index in [0.29, 0.717) is 18.0 Å². The van der Waals surface area contributed by atoms with Crippen molar-refractivity contribution in [1.29, 1.82) is 0 Å². The van der Waals surface area contributed by atoms with Crippen molar-refractivity contribution in [3.63, 3.8) is 0 Å². The number of ether oxygens (including phenoxy) is 2. The molecule has 0 spiro atoms. The molecule has 2 aromatic rings. The van der Waals surface area contributed by atoms with Crippen molar-refractivity contribution in [3.8, 4) is 11.5 Å². The third kappa shape index (κ3) is 6.29. The third-order valence-electron chi connectivity index (χ3n) is 3.69. The van der Waals surface area contributed by atoms with Crippen LogP contribution in [0.2, 0.25) is 0 Å². The number of hydrogen-bond acceptors (Lipinski definition) is 4. The fourth-order valence-corrected chi connectivity index (χ4v) is 2.45. The SMILES string of the molecule is COC[C@@H](CC(C)=O)C(=O)NCc1ccc(Oc2cccc(F)c2)cc1. The molecule has 0 aromatic heterocycles. The average molecular weight is 359 g/mol. The predicted octanol–water partition coefficient (Wildman–Crippen LogP) is 3.48. The summed E-state index contributed by atoms with van der Waals surface area (Å²) in [5.41, 5.74) is 0.879. The minimum Gasteiger partial charge on any atom is -0.457 e. The van der Waals surface area contributed by atoms with Gasteiger partial charge in [0.1, 0.15) is 23.1 Å². The number of halogens is 1. The van der Waals surface area contributed by atoms with Crippen LogP contribution in [0.4, 0.5) is 4.39 Å². The van der Waals surface area contributed by atoms with Crippen LogP contribution in [-0.2, 0) is 20.9 Å². The molecule has 6 heteroatoms. The minimum absolute atomic E-state index is 0.0546. The Balaban J connectivity index is 1.90. The van der Waals surface area contributed by atoms with E-state index in [2.05, 4.69) is 5.32 Å². The van der Waals surface area contributed by atoms with E-state index >= 15 is 0 Å². The van der Waals surface area contributed by atoms with E-state index in [1.54, 1.807) is 24.3 Å². The van der Waals surface area contributed by atoms with Crippen LogP contribution in [0.1, 0.15) is 18.9 Å². The van der Waals surface area contributed by atoms with Gasteiger partial charge in [-0.05, 0) is 36.8 Å². The second kappa shape index (κ2) is 9.68. The fourth-order valence-electron chi connectivity index (χ4n) is 2.45. The first-order valence-corrected chi connectivity index (χ1v) is 8.26. The summed E-state index contributed by atoms with van der Waals surface area (Å²) < 4.78 is 23.7. The lowest BCUT2D eigenvalue weighted by Crippen LogP contribution is -2.33. The highest BCUT2D eigenvalue weighted by atomic mass is 19.1. The number of carbonyl (C=O) groups is 2. The second-order valence-electron chi connectivity index (χ2n) is 5.98. The summed E-state index contributed by atoms with van der Waals surface area (Å²) in [4.78, 5) is 23.4. The molecule has 0 bridgehead atoms. The molecule has 0 radical (unpaired) electrons. The van der Waals surface area contributed by atoms with Crippen LogP contribution < -0.4 is 10.1 Å². The number of amides is 1. The first-order valence-electron chi connectivity index (χ1n) is 8.26. The molecule has 0 unspecified atom stereocenters. The molecular weight excluding hydrogens is 337 g/mol. The molecule has 1 amide bonds. The third-order valence-corrected chi connectivity index (χ3v) is 3.69. The number of ketones is 1. The normalized spacial score (nSPS) is 11.7. The first-order chi connectivity index (χ1) is 12.5. The Labute approximate surface area is 152 Å². The van der Waals surface area contributed by atoms with E-state index in [9.17, 15) is 14.0 Å². The van der Waals surface area contributed by atoms with Crippen LogP contribution in [0.15, 0.2) is 48.5 Å². The minimum atomic E-state index is -0.493. The maximum absolute atomic E-state index is 13.2. The first kappa shape index (κ1) is 19.6. The average Bonchev–Trinajstić information content (AvgIpc) is 2.60. The maximum atomic E-state index is 13.2. The van der Waals surface area contributed by atoms with Crippen molar-refractivity contribution in [2.24, 2.45) is 5.92 Å². The van der Waals surface area contributed by atoms with Crippen molar-refractivity contribution in [2.75, 3.05) is 13.7 Å². The van der Waals surface area contributed by atoms with Crippen molar-refractivity contribution in [1.82, 2.24) is 5.32 Å². The molecule has 0 fully saturated rings. The van der Waals surface area contributed by atoms with Crippen molar-refractivity contribution >= 4 is 11.7 Å². The molecule has 26 heavy (non-hydrogen) atoms. The van der Waals surface area contributed by atoms with Crippen LogP contribution in [-0.4, -0.2) is 25.4 Å². The van der Waals surface area contributed by atoms with E-state index in [0.717, 1.165) is 5.56 Å². The molecule has 0 saturated carbocycles. The summed E-state index contributed by atoms with van der Waals surface area (Å²) >= 11 is 0. The number of benzene rings is 2. The molecule has 1 N–H and O–H groups in total. The van der Waals surface area contributed by atoms with E-state index in [1.165, 1.54) is 26.2 Å². The van der Waals surface area contributed by atoms with E-state index in [4.69, 9.17) is 9.47 Å². The predicted molar refractivity (Wildman–Crippen MR) is 95.4 cm³/mol. The van der Waals surface area contributed by atoms with Gasteiger partial charge in [-0.3, -0.25) is 4.79 Å². The molecule has 138 valence electrons. The Hall–Kier alpha value is -2.73. The lowest BCUT2D eigenvalue weighted by Gasteiger charge is -2.15. The molecular formula is C20H22FNO4. The van der Waals surface area contributed by atoms with Gasteiger partial charge in [0.2, 0.25) is 5.91 Å². The smallest absolute Gasteiger partial charge is 0.226 e. The van der Waals surface area contributed by atoms with Gasteiger partial charge >= 0.3 is 0 Å². The Bertz CT molecular complexity index is 746. The lowest BCUT2D eigenvalue weighted by atomic mass is 10.0. The van der Waals surface area contributed by atoms with Gasteiger partial charge in [0, 0.05) is 26.1 Å². The van der Waals surface area contributed by atoms with Gasteiger partial charge in [-0.25, -0.2) is 4.39 Å². The van der Waals surface area contributed by atoms with Gasteiger partial charge in [0.25, 0.3) is 0 Å². The topological polar surface area (TPSA) is 64.6 Å². The number of rotatable bonds is 9. The summed E-state index contributed by atoms with van der Waals surface area (Å²) in [6.07, 6.45) is 0.153. The zero-order valence-corrected chi connectivity index (χ0v) is 14.8. The Morgan fingerprint density at radius 2 is 1.85 bits per heavy atom. The molecule has 0 aliphatic rings. The largest absolute Gasteiger partial charge is 0.457 e. The Morgan fingerprint density at radius 3 is 2.46 bits per heavy atom. The fraction of sp³-hybridized carbons (Fsp3) is 0.300. The Morgan fingerprint density at radius 1 is 1.12 bits per heavy atom. The van der Waals surface area contributed by atoms with Crippen LogP contribution in [0.25, 0.3) is 0 Å². The lowest BCUT2D eigenvalue weighted by molar-refractivity contribution is -0.130. The molecule has 0 heterocycles. The maximum Gasteiger partial charge on any atom is 0.226 e. The van der Waals surface area contributed by atoms with Gasteiger partial charge in [0.15, 0.2) is 0 Å². The van der Waals surface area contributed by atoms with Crippen molar-refractivity contribution in [3.05, 3.63) is 59.9 Å². The molecule has 0 saturated heterocycles. The van der Waals surface area contributed by atoms with Gasteiger partial charge in [0.05, 0.1) is 12.5 Å². The Kier molecular flexibility index (Phi) is 7.29. The number of hydrogen-bond donors (Lipinski definition) is 1. The molecule has 1 atom stereocenters. The summed E-state index contributed by atoms with van der Waals surface area (Å²) in [6, 6.07) is 13.0. The summed E-state index contributed by atoms with van der Waals surface area (Å²) in [6.45, 7) is 1.98. The zero-order chi connectivity index (χ0) is 18.9. The molecule has 2 rings (SSSR count). The summed E-state index contributed by atoms with van der Waals surface area (Å²) in [5, 5.41) is 2.80. The van der Waals surface area contributed by atoms with E-state index in [-0.39, 0.29) is 30.5 Å². The van der Waals surface area contributed by atoms with Crippen molar-refractivity contribution in [2.45, 2.75) is 19.9 Å². The monoisotopic (exact) mass is 359 g/mol. The summed E-state index contributed by atoms with van der Waals surface area (Å²) in [7, 11) is 1.50. The van der Waals surface area contributed by atoms with Gasteiger partial charge in [-0.2, -0.15) is 0 Å². The number of carbonyl (C=O) groups excluding carboxylic acids is 2. The summed E-state index contributed by atoms with van der Waals surface area (Å²) in [5.74, 6) is -0.147. The van der Waals surface area contributed by atoms with Gasteiger partial charge in [-0.15, -0.1) is 0 Å². The highest BCUT2D eigenvalue weighted by Crippen LogP contribution is 2.22. The van der Waals surface area contributed by atoms with Gasteiger partial charge < -0.3 is 19.6 Å². The van der Waals surface area contributed by atoms with Crippen LogP contribution in [0, 0.1) is 11.7 Å². The molecule has 0 aliphatic carbocycles. The molecule has 2 aromatic carbocycles. The number of methoxy groups -OCH3 is 1. The highest BCUT2D eigenvalue weighted by molar-refractivity contribution is 5.85. The quantitative estimate of drug-likeness (QED) is 0.744. The number of nitrogens with one attached hydrogen (secondary N) is 1. The van der Waals surface area contributed by atoms with Crippen LogP contribution >= 0.6 is 0 Å². The molecule has 5 nitrogen and oxygen atoms in total. The van der Waals surface area contributed by atoms with E-state index < -0.39 is 5.92 Å².